The lowest BCUT2D eigenvalue weighted by molar-refractivity contribution is -0.136. The highest BCUT2D eigenvalue weighted by molar-refractivity contribution is 5.95. The lowest BCUT2D eigenvalue weighted by atomic mass is 9.79. The molecule has 140 valence electrons. The summed E-state index contributed by atoms with van der Waals surface area (Å²) >= 11 is 0. The molecule has 2 N–H and O–H groups in total. The standard InChI is InChI=1S/C18H13F3N2O4/c1-16-7-11(24)17(2,27-16)13-12(16)14(25)23(15(13)26)8-4-5-10(22-3)9(6-8)18(19,20)21/h4-6,25-26H,7H2,1-2H3. The van der Waals surface area contributed by atoms with E-state index in [1.54, 1.807) is 6.92 Å². The largest absolute Gasteiger partial charge is 0.494 e. The Balaban J connectivity index is 1.99. The van der Waals surface area contributed by atoms with Crippen molar-refractivity contribution in [3.05, 3.63) is 46.3 Å². The molecule has 2 atom stereocenters. The van der Waals surface area contributed by atoms with Gasteiger partial charge in [0.05, 0.1) is 28.9 Å². The number of carbonyl (C=O) groups excluding carboxylic acids is 1. The molecule has 9 heteroatoms. The van der Waals surface area contributed by atoms with Crippen molar-refractivity contribution in [3.8, 4) is 17.4 Å². The Morgan fingerprint density at radius 2 is 1.85 bits per heavy atom. The average molecular weight is 378 g/mol. The molecular weight excluding hydrogens is 365 g/mol. The fraction of sp³-hybridized carbons (Fsp3) is 0.333. The van der Waals surface area contributed by atoms with Crippen molar-refractivity contribution in [1.82, 2.24) is 4.57 Å². The Hall–Kier alpha value is -2.99. The van der Waals surface area contributed by atoms with Gasteiger partial charge in [0.1, 0.15) is 5.60 Å². The lowest BCUT2D eigenvalue weighted by Gasteiger charge is -2.20. The van der Waals surface area contributed by atoms with E-state index in [2.05, 4.69) is 4.85 Å². The zero-order valence-corrected chi connectivity index (χ0v) is 14.2. The van der Waals surface area contributed by atoms with Crippen LogP contribution in [0.4, 0.5) is 18.9 Å². The summed E-state index contributed by atoms with van der Waals surface area (Å²) in [5, 5.41) is 21.3. The van der Waals surface area contributed by atoms with E-state index in [1.807, 2.05) is 0 Å². The van der Waals surface area contributed by atoms with Gasteiger partial charge in [-0.05, 0) is 26.0 Å². The van der Waals surface area contributed by atoms with Gasteiger partial charge in [-0.1, -0.05) is 6.07 Å². The Morgan fingerprint density at radius 3 is 2.44 bits per heavy atom. The molecule has 0 saturated carbocycles. The maximum absolute atomic E-state index is 13.3. The van der Waals surface area contributed by atoms with Gasteiger partial charge in [-0.3, -0.25) is 9.36 Å². The van der Waals surface area contributed by atoms with Gasteiger partial charge in [-0.2, -0.15) is 13.2 Å². The van der Waals surface area contributed by atoms with Crippen LogP contribution in [0.2, 0.25) is 0 Å². The van der Waals surface area contributed by atoms with Gasteiger partial charge in [0.25, 0.3) is 0 Å². The first-order valence-corrected chi connectivity index (χ1v) is 7.94. The molecule has 0 amide bonds. The van der Waals surface area contributed by atoms with Crippen LogP contribution in [0.15, 0.2) is 18.2 Å². The summed E-state index contributed by atoms with van der Waals surface area (Å²) in [5.41, 5.74) is -4.36. The molecule has 2 aliphatic rings. The molecule has 1 fully saturated rings. The predicted octanol–water partition coefficient (Wildman–Crippen LogP) is 3.89. The van der Waals surface area contributed by atoms with Crippen LogP contribution in [-0.2, 0) is 26.9 Å². The van der Waals surface area contributed by atoms with Crippen molar-refractivity contribution in [2.75, 3.05) is 0 Å². The number of ketones is 1. The summed E-state index contributed by atoms with van der Waals surface area (Å²) in [4.78, 5) is 15.2. The van der Waals surface area contributed by atoms with E-state index in [0.29, 0.717) is 6.07 Å². The number of carbonyl (C=O) groups is 1. The van der Waals surface area contributed by atoms with Crippen molar-refractivity contribution in [3.63, 3.8) is 0 Å². The molecule has 1 aromatic carbocycles. The number of halogens is 3. The third-order valence-corrected chi connectivity index (χ3v) is 5.25. The van der Waals surface area contributed by atoms with Gasteiger partial charge in [0, 0.05) is 6.42 Å². The number of Topliss-reactive ketones (excluding diaryl/α,β-unsaturated/α-hetero) is 1. The van der Waals surface area contributed by atoms with Crippen LogP contribution >= 0.6 is 0 Å². The first-order valence-electron chi connectivity index (χ1n) is 7.94. The number of fused-ring (bicyclic) bond motifs is 5. The van der Waals surface area contributed by atoms with Crippen molar-refractivity contribution in [2.45, 2.75) is 37.6 Å². The molecule has 6 nitrogen and oxygen atoms in total. The maximum atomic E-state index is 13.3. The van der Waals surface area contributed by atoms with Gasteiger partial charge in [-0.25, -0.2) is 4.85 Å². The summed E-state index contributed by atoms with van der Waals surface area (Å²) in [6, 6.07) is 2.83. The van der Waals surface area contributed by atoms with Crippen molar-refractivity contribution >= 4 is 11.5 Å². The SMILES string of the molecule is [C-]#[N+]c1ccc(-n2c(O)c3c(c2O)C2(C)OC3(C)CC2=O)cc1C(F)(F)F. The Bertz CT molecular complexity index is 1070. The van der Waals surface area contributed by atoms with E-state index in [4.69, 9.17) is 11.3 Å². The third kappa shape index (κ3) is 2.01. The fourth-order valence-corrected chi connectivity index (χ4v) is 4.08. The molecule has 0 radical (unpaired) electrons. The van der Waals surface area contributed by atoms with Gasteiger partial charge >= 0.3 is 6.18 Å². The zero-order valence-electron chi connectivity index (χ0n) is 14.2. The van der Waals surface area contributed by atoms with E-state index >= 15 is 0 Å². The first-order chi connectivity index (χ1) is 12.4. The Morgan fingerprint density at radius 1 is 1.22 bits per heavy atom. The van der Waals surface area contributed by atoms with E-state index in [9.17, 15) is 28.2 Å². The summed E-state index contributed by atoms with van der Waals surface area (Å²) in [6.45, 7) is 9.94. The molecule has 2 aromatic rings. The van der Waals surface area contributed by atoms with Crippen LogP contribution in [0.25, 0.3) is 10.5 Å². The van der Waals surface area contributed by atoms with E-state index in [-0.39, 0.29) is 29.0 Å². The zero-order chi connectivity index (χ0) is 19.9. The van der Waals surface area contributed by atoms with Crippen molar-refractivity contribution < 1.29 is 32.9 Å². The van der Waals surface area contributed by atoms with Crippen molar-refractivity contribution in [1.29, 1.82) is 0 Å². The number of rotatable bonds is 1. The maximum Gasteiger partial charge on any atom is 0.407 e. The fourth-order valence-electron chi connectivity index (χ4n) is 4.08. The summed E-state index contributed by atoms with van der Waals surface area (Å²) in [6.07, 6.45) is -4.80. The number of hydrogen-bond acceptors (Lipinski definition) is 4. The topological polar surface area (TPSA) is 76.1 Å². The molecule has 1 aromatic heterocycles. The summed E-state index contributed by atoms with van der Waals surface area (Å²) in [7, 11) is 0. The van der Waals surface area contributed by atoms with Crippen LogP contribution in [0, 0.1) is 6.57 Å². The summed E-state index contributed by atoms with van der Waals surface area (Å²) < 4.78 is 46.4. The number of ether oxygens (including phenoxy) is 1. The van der Waals surface area contributed by atoms with Crippen LogP contribution in [0.5, 0.6) is 11.8 Å². The van der Waals surface area contributed by atoms with E-state index < -0.39 is 40.4 Å². The number of alkyl halides is 3. The molecule has 2 bridgehead atoms. The second-order valence-electron chi connectivity index (χ2n) is 7.01. The number of aromatic hydroxyl groups is 2. The Kier molecular flexibility index (Phi) is 3.12. The summed E-state index contributed by atoms with van der Waals surface area (Å²) in [5.74, 6) is -1.35. The Labute approximate surface area is 151 Å². The smallest absolute Gasteiger partial charge is 0.407 e. The second kappa shape index (κ2) is 4.84. The van der Waals surface area contributed by atoms with Crippen LogP contribution in [0.1, 0.15) is 37.0 Å². The number of nitrogens with zero attached hydrogens (tertiary/aromatic N) is 2. The van der Waals surface area contributed by atoms with Crippen LogP contribution < -0.4 is 0 Å². The molecule has 27 heavy (non-hydrogen) atoms. The van der Waals surface area contributed by atoms with Crippen LogP contribution in [0.3, 0.4) is 0 Å². The first kappa shape index (κ1) is 17.4. The number of hydrogen-bond donors (Lipinski definition) is 2. The molecule has 1 saturated heterocycles. The minimum absolute atomic E-state index is 0.0159. The average Bonchev–Trinajstić information content (AvgIpc) is 3.07. The monoisotopic (exact) mass is 378 g/mol. The molecule has 3 heterocycles. The minimum atomic E-state index is -4.78. The highest BCUT2D eigenvalue weighted by atomic mass is 19.4. The van der Waals surface area contributed by atoms with E-state index in [1.165, 1.54) is 13.0 Å². The van der Waals surface area contributed by atoms with Gasteiger partial charge in [0.15, 0.2) is 17.1 Å². The predicted molar refractivity (Wildman–Crippen MR) is 85.8 cm³/mol. The quantitative estimate of drug-likeness (QED) is 0.739. The van der Waals surface area contributed by atoms with Gasteiger partial charge in [-0.15, -0.1) is 0 Å². The van der Waals surface area contributed by atoms with Crippen LogP contribution in [-0.4, -0.2) is 20.6 Å². The lowest BCUT2D eigenvalue weighted by Crippen LogP contribution is -2.28. The van der Waals surface area contributed by atoms with E-state index in [0.717, 1.165) is 10.6 Å². The highest BCUT2D eigenvalue weighted by Crippen LogP contribution is 2.62. The molecular formula is C18H13F3N2O4. The molecule has 2 unspecified atom stereocenters. The molecule has 0 spiro atoms. The number of benzene rings is 1. The molecule has 0 aliphatic carbocycles. The normalized spacial score (nSPS) is 26.3. The van der Waals surface area contributed by atoms with Crippen molar-refractivity contribution in [2.24, 2.45) is 0 Å². The third-order valence-electron chi connectivity index (χ3n) is 5.25. The minimum Gasteiger partial charge on any atom is -0.494 e. The van der Waals surface area contributed by atoms with Gasteiger partial charge < -0.3 is 14.9 Å². The van der Waals surface area contributed by atoms with Gasteiger partial charge in [0.2, 0.25) is 11.8 Å². The number of aromatic nitrogens is 1. The highest BCUT2D eigenvalue weighted by Gasteiger charge is 2.64. The molecule has 2 aliphatic heterocycles. The second-order valence-corrected chi connectivity index (χ2v) is 7.01. The molecule has 4 rings (SSSR count).